The van der Waals surface area contributed by atoms with Crippen molar-refractivity contribution in [1.29, 1.82) is 0 Å². The first kappa shape index (κ1) is 19.3. The Kier molecular flexibility index (Phi) is 5.92. The number of aromatic nitrogens is 1. The second-order valence-corrected chi connectivity index (χ2v) is 8.47. The van der Waals surface area contributed by atoms with E-state index in [0.29, 0.717) is 42.6 Å². The molecule has 3 fully saturated rings. The first-order chi connectivity index (χ1) is 13.6. The molecule has 4 heterocycles. The Morgan fingerprint density at radius 3 is 2.75 bits per heavy atom. The van der Waals surface area contributed by atoms with Crippen molar-refractivity contribution in [1.82, 2.24) is 20.1 Å². The number of nitrogens with one attached hydrogen (secondary N) is 1. The van der Waals surface area contributed by atoms with Crippen molar-refractivity contribution in [3.8, 4) is 0 Å². The minimum Gasteiger partial charge on any atom is -0.481 e. The van der Waals surface area contributed by atoms with Crippen LogP contribution in [0.3, 0.4) is 0 Å². The number of pyridine rings is 1. The minimum atomic E-state index is -0.726. The predicted octanol–water partition coefficient (Wildman–Crippen LogP) is 1.46. The second kappa shape index (κ2) is 8.57. The van der Waals surface area contributed by atoms with Gasteiger partial charge in [0.1, 0.15) is 0 Å². The molecule has 2 N–H and O–H groups in total. The lowest BCUT2D eigenvalue weighted by Crippen LogP contribution is -2.65. The van der Waals surface area contributed by atoms with Crippen molar-refractivity contribution < 1.29 is 14.7 Å². The van der Waals surface area contributed by atoms with Crippen molar-refractivity contribution in [2.75, 3.05) is 32.7 Å². The summed E-state index contributed by atoms with van der Waals surface area (Å²) in [6, 6.07) is 4.38. The fourth-order valence-electron chi connectivity index (χ4n) is 5.52. The quantitative estimate of drug-likeness (QED) is 0.770. The van der Waals surface area contributed by atoms with Gasteiger partial charge >= 0.3 is 5.97 Å². The molecule has 0 aliphatic carbocycles. The Hall–Kier alpha value is -1.99. The molecule has 4 atom stereocenters. The van der Waals surface area contributed by atoms with Gasteiger partial charge in [-0.15, -0.1) is 0 Å². The number of likely N-dealkylation sites (tertiary alicyclic amines) is 1. The maximum atomic E-state index is 12.5. The number of piperidine rings is 3. The average Bonchev–Trinajstić information content (AvgIpc) is 2.72. The van der Waals surface area contributed by atoms with E-state index in [9.17, 15) is 9.59 Å². The second-order valence-electron chi connectivity index (χ2n) is 8.47. The molecule has 1 amide bonds. The van der Waals surface area contributed by atoms with Crippen molar-refractivity contribution in [2.45, 2.75) is 44.2 Å². The van der Waals surface area contributed by atoms with Gasteiger partial charge in [-0.2, -0.15) is 0 Å². The molecule has 4 rings (SSSR count). The van der Waals surface area contributed by atoms with Crippen molar-refractivity contribution in [3.63, 3.8) is 0 Å². The Morgan fingerprint density at radius 2 is 1.96 bits per heavy atom. The third-order valence-corrected chi connectivity index (χ3v) is 6.75. The summed E-state index contributed by atoms with van der Waals surface area (Å²) < 4.78 is 0. The van der Waals surface area contributed by atoms with Gasteiger partial charge in [-0.1, -0.05) is 6.42 Å². The summed E-state index contributed by atoms with van der Waals surface area (Å²) in [5.74, 6) is 0.340. The molecule has 2 bridgehead atoms. The highest BCUT2D eigenvalue weighted by Gasteiger charge is 2.46. The Bertz CT molecular complexity index is 698. The SMILES string of the molecule is O=C(O)CCN1C[C@H]2C[C@@H](C1)[C@H](CNC(=O)c1ccncc1)N1CCCC[C@@H]21. The number of fused-ring (bicyclic) bond motifs is 4. The number of carboxylic acids is 1. The highest BCUT2D eigenvalue weighted by Crippen LogP contribution is 2.41. The number of amides is 1. The van der Waals surface area contributed by atoms with Crippen LogP contribution in [0.2, 0.25) is 0 Å². The van der Waals surface area contributed by atoms with Crippen molar-refractivity contribution >= 4 is 11.9 Å². The number of carbonyl (C=O) groups is 2. The van der Waals surface area contributed by atoms with Crippen LogP contribution in [0, 0.1) is 11.8 Å². The largest absolute Gasteiger partial charge is 0.481 e. The van der Waals surface area contributed by atoms with E-state index in [1.165, 1.54) is 25.7 Å². The van der Waals surface area contributed by atoms with Gasteiger partial charge in [0, 0.05) is 56.2 Å². The minimum absolute atomic E-state index is 0.0448. The number of rotatable bonds is 6. The fourth-order valence-corrected chi connectivity index (χ4v) is 5.52. The standard InChI is InChI=1S/C21H30N4O3/c26-20(27)6-10-24-13-16-11-17(14-24)19(25-9-2-1-3-18(16)25)12-23-21(28)15-4-7-22-8-5-15/h4-5,7-8,16-19H,1-3,6,9-14H2,(H,23,28)(H,26,27)/t16-,17+,18+,19+/m1/s1. The highest BCUT2D eigenvalue weighted by atomic mass is 16.4. The van der Waals surface area contributed by atoms with Gasteiger partial charge in [-0.3, -0.25) is 19.5 Å². The summed E-state index contributed by atoms with van der Waals surface area (Å²) in [7, 11) is 0. The van der Waals surface area contributed by atoms with Gasteiger partial charge in [0.2, 0.25) is 0 Å². The third kappa shape index (κ3) is 4.20. The van der Waals surface area contributed by atoms with Gasteiger partial charge in [0.15, 0.2) is 0 Å². The normalized spacial score (nSPS) is 30.4. The number of hydrogen-bond acceptors (Lipinski definition) is 5. The Balaban J connectivity index is 1.45. The summed E-state index contributed by atoms with van der Waals surface area (Å²) >= 11 is 0. The van der Waals surface area contributed by atoms with E-state index in [1.807, 2.05) is 0 Å². The molecule has 0 spiro atoms. The first-order valence-electron chi connectivity index (χ1n) is 10.5. The third-order valence-electron chi connectivity index (χ3n) is 6.75. The van der Waals surface area contributed by atoms with Gasteiger partial charge in [-0.05, 0) is 49.8 Å². The van der Waals surface area contributed by atoms with Gasteiger partial charge in [0.25, 0.3) is 5.91 Å². The van der Waals surface area contributed by atoms with Gasteiger partial charge in [-0.25, -0.2) is 0 Å². The van der Waals surface area contributed by atoms with Crippen molar-refractivity contribution in [3.05, 3.63) is 30.1 Å². The van der Waals surface area contributed by atoms with E-state index in [1.54, 1.807) is 24.5 Å². The Morgan fingerprint density at radius 1 is 1.18 bits per heavy atom. The fraction of sp³-hybridized carbons (Fsp3) is 0.667. The van der Waals surface area contributed by atoms with E-state index in [0.717, 1.165) is 19.6 Å². The molecule has 1 aromatic rings. The van der Waals surface area contributed by atoms with Crippen LogP contribution < -0.4 is 5.32 Å². The zero-order chi connectivity index (χ0) is 19.5. The maximum Gasteiger partial charge on any atom is 0.304 e. The van der Waals surface area contributed by atoms with Gasteiger partial charge < -0.3 is 15.3 Å². The van der Waals surface area contributed by atoms with E-state index >= 15 is 0 Å². The number of carbonyl (C=O) groups excluding carboxylic acids is 1. The number of nitrogens with zero attached hydrogens (tertiary/aromatic N) is 3. The molecule has 28 heavy (non-hydrogen) atoms. The van der Waals surface area contributed by atoms with Crippen LogP contribution >= 0.6 is 0 Å². The summed E-state index contributed by atoms with van der Waals surface area (Å²) in [4.78, 5) is 32.5. The zero-order valence-corrected chi connectivity index (χ0v) is 16.3. The summed E-state index contributed by atoms with van der Waals surface area (Å²) in [6.07, 6.45) is 8.41. The molecule has 1 aromatic heterocycles. The molecule has 3 aliphatic rings. The maximum absolute atomic E-state index is 12.5. The summed E-state index contributed by atoms with van der Waals surface area (Å²) in [5, 5.41) is 12.2. The molecule has 0 unspecified atom stereocenters. The monoisotopic (exact) mass is 386 g/mol. The number of carboxylic acid groups (broad SMARTS) is 1. The molecule has 3 aliphatic heterocycles. The highest BCUT2D eigenvalue weighted by molar-refractivity contribution is 5.93. The van der Waals surface area contributed by atoms with Crippen LogP contribution in [0.15, 0.2) is 24.5 Å². The van der Waals surface area contributed by atoms with Crippen LogP contribution in [0.25, 0.3) is 0 Å². The molecule has 7 heteroatoms. The molecule has 3 saturated heterocycles. The van der Waals surface area contributed by atoms with E-state index in [2.05, 4.69) is 20.1 Å². The zero-order valence-electron chi connectivity index (χ0n) is 16.3. The molecule has 7 nitrogen and oxygen atoms in total. The molecule has 152 valence electrons. The van der Waals surface area contributed by atoms with Crippen LogP contribution in [0.4, 0.5) is 0 Å². The molecular formula is C21H30N4O3. The molecule has 0 saturated carbocycles. The first-order valence-corrected chi connectivity index (χ1v) is 10.5. The average molecular weight is 386 g/mol. The summed E-state index contributed by atoms with van der Waals surface area (Å²) in [5.41, 5.74) is 0.644. The number of hydrogen-bond donors (Lipinski definition) is 2. The lowest BCUT2D eigenvalue weighted by molar-refractivity contribution is -0.138. The molecule has 0 aromatic carbocycles. The van der Waals surface area contributed by atoms with Crippen LogP contribution in [0.5, 0.6) is 0 Å². The van der Waals surface area contributed by atoms with E-state index in [-0.39, 0.29) is 12.3 Å². The molecular weight excluding hydrogens is 356 g/mol. The lowest BCUT2D eigenvalue weighted by atomic mass is 9.72. The van der Waals surface area contributed by atoms with Crippen LogP contribution in [-0.4, -0.2) is 76.6 Å². The van der Waals surface area contributed by atoms with Crippen molar-refractivity contribution in [2.24, 2.45) is 11.8 Å². The van der Waals surface area contributed by atoms with Gasteiger partial charge in [0.05, 0.1) is 6.42 Å². The molecule has 0 radical (unpaired) electrons. The number of aliphatic carboxylic acids is 1. The van der Waals surface area contributed by atoms with E-state index < -0.39 is 5.97 Å². The lowest BCUT2D eigenvalue weighted by Gasteiger charge is -2.57. The van der Waals surface area contributed by atoms with E-state index in [4.69, 9.17) is 5.11 Å². The predicted molar refractivity (Wildman–Crippen MR) is 105 cm³/mol. The van der Waals surface area contributed by atoms with Crippen LogP contribution in [0.1, 0.15) is 42.5 Å². The van der Waals surface area contributed by atoms with Crippen LogP contribution in [-0.2, 0) is 4.79 Å². The smallest absolute Gasteiger partial charge is 0.304 e. The topological polar surface area (TPSA) is 85.8 Å². The summed E-state index contributed by atoms with van der Waals surface area (Å²) in [6.45, 7) is 4.35. The Labute approximate surface area is 166 Å².